The van der Waals surface area contributed by atoms with Crippen LogP contribution in [0.5, 0.6) is 0 Å². The van der Waals surface area contributed by atoms with E-state index in [1.165, 1.54) is 4.90 Å². The molecule has 2 fully saturated rings. The van der Waals surface area contributed by atoms with Gasteiger partial charge in [-0.1, -0.05) is 6.92 Å². The standard InChI is InChI=1S/C13H22N2O4/c1-8-3-4-14(9(2)5-8)13(19)15-7-10(16)6-11(15)12(17)18/h8-11,16H,3-7H2,1-2H3,(H,17,18)/t8?,9?,10-,11-/m0/s1. The van der Waals surface area contributed by atoms with E-state index in [1.54, 1.807) is 4.90 Å². The first kappa shape index (κ1) is 14.1. The second-order valence-corrected chi connectivity index (χ2v) is 5.85. The molecule has 2 rings (SSSR count). The summed E-state index contributed by atoms with van der Waals surface area (Å²) >= 11 is 0. The van der Waals surface area contributed by atoms with Gasteiger partial charge in [-0.3, -0.25) is 0 Å². The van der Waals surface area contributed by atoms with Crippen molar-refractivity contribution in [2.75, 3.05) is 13.1 Å². The predicted octanol–water partition coefficient (Wildman–Crippen LogP) is 0.747. The molecule has 2 aliphatic heterocycles. The summed E-state index contributed by atoms with van der Waals surface area (Å²) in [5, 5.41) is 18.7. The predicted molar refractivity (Wildman–Crippen MR) is 68.7 cm³/mol. The van der Waals surface area contributed by atoms with Crippen molar-refractivity contribution in [1.29, 1.82) is 0 Å². The van der Waals surface area contributed by atoms with Gasteiger partial charge in [-0.15, -0.1) is 0 Å². The zero-order valence-electron chi connectivity index (χ0n) is 11.5. The van der Waals surface area contributed by atoms with E-state index >= 15 is 0 Å². The fourth-order valence-electron chi connectivity index (χ4n) is 3.12. The lowest BCUT2D eigenvalue weighted by Crippen LogP contribution is -2.53. The number of carbonyl (C=O) groups is 2. The van der Waals surface area contributed by atoms with Crippen molar-refractivity contribution in [3.63, 3.8) is 0 Å². The topological polar surface area (TPSA) is 81.1 Å². The van der Waals surface area contributed by atoms with Crippen molar-refractivity contribution in [2.24, 2.45) is 5.92 Å². The molecule has 2 aliphatic rings. The van der Waals surface area contributed by atoms with Crippen LogP contribution in [0.1, 0.15) is 33.1 Å². The number of aliphatic hydroxyl groups is 1. The van der Waals surface area contributed by atoms with Gasteiger partial charge in [0, 0.05) is 25.6 Å². The lowest BCUT2D eigenvalue weighted by Gasteiger charge is -2.39. The average molecular weight is 270 g/mol. The Hall–Kier alpha value is -1.30. The van der Waals surface area contributed by atoms with Gasteiger partial charge >= 0.3 is 12.0 Å². The fourth-order valence-corrected chi connectivity index (χ4v) is 3.12. The first-order valence-corrected chi connectivity index (χ1v) is 6.88. The molecule has 0 aliphatic carbocycles. The number of amides is 2. The Morgan fingerprint density at radius 1 is 1.16 bits per heavy atom. The third kappa shape index (κ3) is 2.83. The summed E-state index contributed by atoms with van der Waals surface area (Å²) < 4.78 is 0. The van der Waals surface area contributed by atoms with Crippen LogP contribution in [0.25, 0.3) is 0 Å². The number of rotatable bonds is 1. The second-order valence-electron chi connectivity index (χ2n) is 5.85. The van der Waals surface area contributed by atoms with Crippen molar-refractivity contribution < 1.29 is 19.8 Å². The van der Waals surface area contributed by atoms with Crippen LogP contribution in [0.15, 0.2) is 0 Å². The monoisotopic (exact) mass is 270 g/mol. The number of hydrogen-bond donors (Lipinski definition) is 2. The first-order chi connectivity index (χ1) is 8.90. The second kappa shape index (κ2) is 5.36. The summed E-state index contributed by atoms with van der Waals surface area (Å²) in [6.07, 6.45) is 1.29. The smallest absolute Gasteiger partial charge is 0.326 e. The molecule has 2 amide bonds. The Balaban J connectivity index is 2.08. The van der Waals surface area contributed by atoms with Gasteiger partial charge in [0.05, 0.1) is 6.10 Å². The average Bonchev–Trinajstić information content (AvgIpc) is 2.70. The number of urea groups is 1. The van der Waals surface area contributed by atoms with Crippen LogP contribution in [0.4, 0.5) is 4.79 Å². The quantitative estimate of drug-likeness (QED) is 0.736. The highest BCUT2D eigenvalue weighted by molar-refractivity contribution is 5.83. The lowest BCUT2D eigenvalue weighted by atomic mass is 9.94. The van der Waals surface area contributed by atoms with E-state index in [0.29, 0.717) is 12.5 Å². The van der Waals surface area contributed by atoms with Crippen molar-refractivity contribution >= 4 is 12.0 Å². The Morgan fingerprint density at radius 3 is 2.42 bits per heavy atom. The summed E-state index contributed by atoms with van der Waals surface area (Å²) in [7, 11) is 0. The molecule has 0 saturated carbocycles. The molecule has 4 atom stereocenters. The highest BCUT2D eigenvalue weighted by Crippen LogP contribution is 2.26. The SMILES string of the molecule is CC1CCN(C(=O)N2C[C@@H](O)C[C@H]2C(=O)O)C(C)C1. The number of aliphatic hydroxyl groups excluding tert-OH is 1. The van der Waals surface area contributed by atoms with E-state index in [-0.39, 0.29) is 25.0 Å². The molecule has 0 radical (unpaired) electrons. The number of β-amino-alcohol motifs (C(OH)–C–C–N with tert-alkyl or cyclic N) is 1. The van der Waals surface area contributed by atoms with E-state index in [2.05, 4.69) is 6.92 Å². The van der Waals surface area contributed by atoms with E-state index < -0.39 is 18.1 Å². The molecule has 6 nitrogen and oxygen atoms in total. The van der Waals surface area contributed by atoms with E-state index in [0.717, 1.165) is 12.8 Å². The van der Waals surface area contributed by atoms with Crippen LogP contribution in [0.2, 0.25) is 0 Å². The normalized spacial score (nSPS) is 35.5. The first-order valence-electron chi connectivity index (χ1n) is 6.88. The summed E-state index contributed by atoms with van der Waals surface area (Å²) in [6.45, 7) is 4.95. The van der Waals surface area contributed by atoms with Gasteiger partial charge in [0.1, 0.15) is 6.04 Å². The maximum absolute atomic E-state index is 12.5. The molecule has 0 bridgehead atoms. The number of piperidine rings is 1. The molecule has 108 valence electrons. The number of hydrogen-bond acceptors (Lipinski definition) is 3. The van der Waals surface area contributed by atoms with Gasteiger partial charge < -0.3 is 20.0 Å². The van der Waals surface area contributed by atoms with Crippen LogP contribution in [-0.4, -0.2) is 63.3 Å². The van der Waals surface area contributed by atoms with Crippen LogP contribution in [0.3, 0.4) is 0 Å². The van der Waals surface area contributed by atoms with Crippen LogP contribution < -0.4 is 0 Å². The zero-order chi connectivity index (χ0) is 14.2. The molecular weight excluding hydrogens is 248 g/mol. The molecule has 0 aromatic heterocycles. The van der Waals surface area contributed by atoms with Crippen LogP contribution in [0, 0.1) is 5.92 Å². The lowest BCUT2D eigenvalue weighted by molar-refractivity contribution is -0.141. The summed E-state index contributed by atoms with van der Waals surface area (Å²) in [5.74, 6) is -0.443. The molecule has 0 aromatic rings. The van der Waals surface area contributed by atoms with E-state index in [4.69, 9.17) is 5.11 Å². The van der Waals surface area contributed by atoms with Gasteiger partial charge in [-0.25, -0.2) is 9.59 Å². The molecule has 6 heteroatoms. The van der Waals surface area contributed by atoms with Gasteiger partial charge in [0.2, 0.25) is 0 Å². The largest absolute Gasteiger partial charge is 0.480 e. The molecule has 2 unspecified atom stereocenters. The summed E-state index contributed by atoms with van der Waals surface area (Å²) in [5.41, 5.74) is 0. The van der Waals surface area contributed by atoms with Gasteiger partial charge in [-0.2, -0.15) is 0 Å². The zero-order valence-corrected chi connectivity index (χ0v) is 11.5. The van der Waals surface area contributed by atoms with Crippen LogP contribution >= 0.6 is 0 Å². The molecule has 0 spiro atoms. The minimum Gasteiger partial charge on any atom is -0.480 e. The maximum atomic E-state index is 12.5. The summed E-state index contributed by atoms with van der Waals surface area (Å²) in [4.78, 5) is 26.7. The maximum Gasteiger partial charge on any atom is 0.326 e. The molecular formula is C13H22N2O4. The molecule has 2 N–H and O–H groups in total. The molecule has 0 aromatic carbocycles. The number of carboxylic acids is 1. The molecule has 19 heavy (non-hydrogen) atoms. The van der Waals surface area contributed by atoms with Crippen molar-refractivity contribution in [3.05, 3.63) is 0 Å². The van der Waals surface area contributed by atoms with Gasteiger partial charge in [0.25, 0.3) is 0 Å². The number of carbonyl (C=O) groups excluding carboxylic acids is 1. The third-order valence-corrected chi connectivity index (χ3v) is 4.19. The van der Waals surface area contributed by atoms with Crippen molar-refractivity contribution in [3.8, 4) is 0 Å². The Kier molecular flexibility index (Phi) is 3.99. The molecule has 2 heterocycles. The summed E-state index contributed by atoms with van der Waals surface area (Å²) in [6, 6.07) is -1.01. The highest BCUT2D eigenvalue weighted by atomic mass is 16.4. The number of aliphatic carboxylic acids is 1. The van der Waals surface area contributed by atoms with Gasteiger partial charge in [-0.05, 0) is 25.7 Å². The van der Waals surface area contributed by atoms with Gasteiger partial charge in [0.15, 0.2) is 0 Å². The highest BCUT2D eigenvalue weighted by Gasteiger charge is 2.42. The Bertz CT molecular complexity index is 374. The Labute approximate surface area is 113 Å². The third-order valence-electron chi connectivity index (χ3n) is 4.19. The van der Waals surface area contributed by atoms with Crippen molar-refractivity contribution in [1.82, 2.24) is 9.80 Å². The minimum absolute atomic E-state index is 0.120. The molecule has 2 saturated heterocycles. The van der Waals surface area contributed by atoms with E-state index in [1.807, 2.05) is 6.92 Å². The number of nitrogens with zero attached hydrogens (tertiary/aromatic N) is 2. The number of carboxylic acid groups (broad SMARTS) is 1. The van der Waals surface area contributed by atoms with Crippen LogP contribution in [-0.2, 0) is 4.79 Å². The Morgan fingerprint density at radius 2 is 1.84 bits per heavy atom. The van der Waals surface area contributed by atoms with Crippen molar-refractivity contribution in [2.45, 2.75) is 51.3 Å². The minimum atomic E-state index is -1.04. The fraction of sp³-hybridized carbons (Fsp3) is 0.846. The number of likely N-dealkylation sites (tertiary alicyclic amines) is 2. The van der Waals surface area contributed by atoms with E-state index in [9.17, 15) is 14.7 Å².